The van der Waals surface area contributed by atoms with Crippen LogP contribution < -0.4 is 0 Å². The zero-order valence-electron chi connectivity index (χ0n) is 12.7. The average Bonchev–Trinajstić information content (AvgIpc) is 3.10. The Hall–Kier alpha value is -1.36. The first-order valence-electron chi connectivity index (χ1n) is 7.36. The van der Waals surface area contributed by atoms with Gasteiger partial charge in [0.25, 0.3) is 5.91 Å². The molecule has 114 valence electrons. The van der Waals surface area contributed by atoms with Gasteiger partial charge in [0, 0.05) is 17.6 Å². The lowest BCUT2D eigenvalue weighted by molar-refractivity contribution is 0.0609. The molecule has 1 heterocycles. The molecule has 1 amide bonds. The van der Waals surface area contributed by atoms with E-state index in [1.807, 2.05) is 20.8 Å². The van der Waals surface area contributed by atoms with Gasteiger partial charge >= 0.3 is 0 Å². The largest absolute Gasteiger partial charge is 0.329 e. The first kappa shape index (κ1) is 14.6. The van der Waals surface area contributed by atoms with Crippen molar-refractivity contribution in [1.29, 1.82) is 0 Å². The molecule has 5 heteroatoms. The average molecular weight is 307 g/mol. The molecule has 2 aliphatic rings. The Morgan fingerprint density at radius 3 is 2.48 bits per heavy atom. The second kappa shape index (κ2) is 4.57. The van der Waals surface area contributed by atoms with Crippen molar-refractivity contribution >= 4 is 15.7 Å². The summed E-state index contributed by atoms with van der Waals surface area (Å²) in [5.74, 6) is 0.558. The van der Waals surface area contributed by atoms with Crippen molar-refractivity contribution in [2.45, 2.75) is 50.6 Å². The standard InChI is InChI=1S/C16H21NO3S/c1-16(2,3)17-9-12-8-13(6-7-14(12)15(17)18)21(19,20)10-11-4-5-11/h6-8,11H,4-5,9-10H2,1-3H3. The highest BCUT2D eigenvalue weighted by atomic mass is 32.2. The molecule has 0 spiro atoms. The molecule has 0 bridgehead atoms. The smallest absolute Gasteiger partial charge is 0.254 e. The Bertz CT molecular complexity index is 697. The third kappa shape index (κ3) is 2.71. The zero-order chi connectivity index (χ0) is 15.4. The molecule has 0 N–H and O–H groups in total. The summed E-state index contributed by atoms with van der Waals surface area (Å²) in [5, 5.41) is 0. The van der Waals surface area contributed by atoms with Gasteiger partial charge in [0.15, 0.2) is 9.84 Å². The van der Waals surface area contributed by atoms with Gasteiger partial charge in [-0.15, -0.1) is 0 Å². The molecule has 1 aliphatic heterocycles. The predicted molar refractivity (Wildman–Crippen MR) is 80.8 cm³/mol. The number of rotatable bonds is 3. The van der Waals surface area contributed by atoms with Crippen LogP contribution in [0.3, 0.4) is 0 Å². The van der Waals surface area contributed by atoms with Crippen LogP contribution in [0.15, 0.2) is 23.1 Å². The minimum Gasteiger partial charge on any atom is -0.329 e. The molecule has 1 aromatic rings. The van der Waals surface area contributed by atoms with E-state index in [9.17, 15) is 13.2 Å². The van der Waals surface area contributed by atoms with E-state index < -0.39 is 9.84 Å². The van der Waals surface area contributed by atoms with Crippen LogP contribution in [-0.4, -0.2) is 30.5 Å². The Morgan fingerprint density at radius 2 is 1.90 bits per heavy atom. The first-order chi connectivity index (χ1) is 9.68. The maximum absolute atomic E-state index is 12.4. The van der Waals surface area contributed by atoms with E-state index in [2.05, 4.69) is 0 Å². The molecular weight excluding hydrogens is 286 g/mol. The molecule has 1 aliphatic carbocycles. The molecule has 0 aromatic heterocycles. The summed E-state index contributed by atoms with van der Waals surface area (Å²) in [5.41, 5.74) is 1.20. The number of carbonyl (C=O) groups is 1. The van der Waals surface area contributed by atoms with Gasteiger partial charge < -0.3 is 4.90 Å². The van der Waals surface area contributed by atoms with E-state index in [0.717, 1.165) is 18.4 Å². The monoisotopic (exact) mass is 307 g/mol. The van der Waals surface area contributed by atoms with Crippen LogP contribution >= 0.6 is 0 Å². The van der Waals surface area contributed by atoms with E-state index in [4.69, 9.17) is 0 Å². The fourth-order valence-corrected chi connectivity index (χ4v) is 4.47. The highest BCUT2D eigenvalue weighted by molar-refractivity contribution is 7.91. The van der Waals surface area contributed by atoms with E-state index in [1.165, 1.54) is 0 Å². The Balaban J connectivity index is 1.93. The van der Waals surface area contributed by atoms with Crippen molar-refractivity contribution in [2.75, 3.05) is 5.75 Å². The third-order valence-corrected chi connectivity index (χ3v) is 6.08. The van der Waals surface area contributed by atoms with Crippen LogP contribution in [0.5, 0.6) is 0 Å². The van der Waals surface area contributed by atoms with Crippen molar-refractivity contribution in [3.05, 3.63) is 29.3 Å². The highest BCUT2D eigenvalue weighted by Gasteiger charge is 2.36. The molecule has 0 radical (unpaired) electrons. The lowest BCUT2D eigenvalue weighted by Gasteiger charge is -2.31. The number of hydrogen-bond acceptors (Lipinski definition) is 3. The summed E-state index contributed by atoms with van der Waals surface area (Å²) in [6.07, 6.45) is 2.03. The number of nitrogens with zero attached hydrogens (tertiary/aromatic N) is 1. The minimum atomic E-state index is -3.22. The second-order valence-corrected chi connectivity index (χ2v) is 9.14. The molecular formula is C16H21NO3S. The first-order valence-corrected chi connectivity index (χ1v) is 9.01. The molecule has 3 rings (SSSR count). The number of carbonyl (C=O) groups excluding carboxylic acids is 1. The summed E-state index contributed by atoms with van der Waals surface area (Å²) < 4.78 is 24.7. The van der Waals surface area contributed by atoms with E-state index in [0.29, 0.717) is 22.9 Å². The van der Waals surface area contributed by atoms with Gasteiger partial charge in [-0.2, -0.15) is 0 Å². The summed E-state index contributed by atoms with van der Waals surface area (Å²) in [6, 6.07) is 4.94. The van der Waals surface area contributed by atoms with Crippen LogP contribution in [0.4, 0.5) is 0 Å². The van der Waals surface area contributed by atoms with Gasteiger partial charge in [-0.1, -0.05) is 0 Å². The lowest BCUT2D eigenvalue weighted by atomic mass is 10.1. The molecule has 1 fully saturated rings. The van der Waals surface area contributed by atoms with Crippen molar-refractivity contribution in [3.8, 4) is 0 Å². The quantitative estimate of drug-likeness (QED) is 0.862. The third-order valence-electron chi connectivity index (χ3n) is 4.20. The van der Waals surface area contributed by atoms with Crippen molar-refractivity contribution in [1.82, 2.24) is 4.90 Å². The molecule has 0 saturated heterocycles. The minimum absolute atomic E-state index is 0.0105. The van der Waals surface area contributed by atoms with Crippen LogP contribution in [-0.2, 0) is 16.4 Å². The van der Waals surface area contributed by atoms with Gasteiger partial charge in [-0.25, -0.2) is 8.42 Å². The Morgan fingerprint density at radius 1 is 1.24 bits per heavy atom. The number of sulfone groups is 1. The summed E-state index contributed by atoms with van der Waals surface area (Å²) in [6.45, 7) is 6.45. The number of fused-ring (bicyclic) bond motifs is 1. The normalized spacial score (nSPS) is 19.0. The lowest BCUT2D eigenvalue weighted by Crippen LogP contribution is -2.41. The summed E-state index contributed by atoms with van der Waals surface area (Å²) in [4.78, 5) is 14.5. The SMILES string of the molecule is CC(C)(C)N1Cc2cc(S(=O)(=O)CC3CC3)ccc2C1=O. The van der Waals surface area contributed by atoms with Crippen LogP contribution in [0, 0.1) is 5.92 Å². The highest BCUT2D eigenvalue weighted by Crippen LogP contribution is 2.34. The Labute approximate surface area is 126 Å². The summed E-state index contributed by atoms with van der Waals surface area (Å²) in [7, 11) is -3.22. The molecule has 0 unspecified atom stereocenters. The molecule has 0 atom stereocenters. The predicted octanol–water partition coefficient (Wildman–Crippen LogP) is 2.62. The van der Waals surface area contributed by atoms with Gasteiger partial charge in [-0.05, 0) is 63.3 Å². The van der Waals surface area contributed by atoms with Crippen LogP contribution in [0.2, 0.25) is 0 Å². The van der Waals surface area contributed by atoms with E-state index >= 15 is 0 Å². The molecule has 1 aromatic carbocycles. The zero-order valence-corrected chi connectivity index (χ0v) is 13.5. The molecule has 4 nitrogen and oxygen atoms in total. The fraction of sp³-hybridized carbons (Fsp3) is 0.562. The van der Waals surface area contributed by atoms with Gasteiger partial charge in [0.1, 0.15) is 0 Å². The molecule has 1 saturated carbocycles. The second-order valence-electron chi connectivity index (χ2n) is 7.11. The van der Waals surface area contributed by atoms with Gasteiger partial charge in [0.05, 0.1) is 10.6 Å². The van der Waals surface area contributed by atoms with Crippen LogP contribution in [0.25, 0.3) is 0 Å². The number of hydrogen-bond donors (Lipinski definition) is 0. The molecule has 21 heavy (non-hydrogen) atoms. The number of benzene rings is 1. The van der Waals surface area contributed by atoms with Crippen LogP contribution in [0.1, 0.15) is 49.5 Å². The topological polar surface area (TPSA) is 54.5 Å². The van der Waals surface area contributed by atoms with Gasteiger partial charge in [-0.3, -0.25) is 4.79 Å². The fourth-order valence-electron chi connectivity index (χ4n) is 2.72. The van der Waals surface area contributed by atoms with Crippen molar-refractivity contribution in [2.24, 2.45) is 5.92 Å². The maximum atomic E-state index is 12.4. The van der Waals surface area contributed by atoms with E-state index in [1.54, 1.807) is 23.1 Å². The van der Waals surface area contributed by atoms with Crippen molar-refractivity contribution in [3.63, 3.8) is 0 Å². The van der Waals surface area contributed by atoms with Gasteiger partial charge in [0.2, 0.25) is 0 Å². The van der Waals surface area contributed by atoms with Crippen molar-refractivity contribution < 1.29 is 13.2 Å². The Kier molecular flexibility index (Phi) is 3.17. The maximum Gasteiger partial charge on any atom is 0.254 e. The summed E-state index contributed by atoms with van der Waals surface area (Å²) >= 11 is 0. The number of amides is 1. The van der Waals surface area contributed by atoms with E-state index in [-0.39, 0.29) is 17.2 Å².